The van der Waals surface area contributed by atoms with E-state index in [1.807, 2.05) is 12.1 Å². The number of benzene rings is 1. The first-order valence-electron chi connectivity index (χ1n) is 6.88. The highest BCUT2D eigenvalue weighted by Crippen LogP contribution is 2.38. The van der Waals surface area contributed by atoms with Crippen molar-refractivity contribution in [1.29, 1.82) is 0 Å². The van der Waals surface area contributed by atoms with Crippen LogP contribution in [0.4, 0.5) is 4.39 Å². The lowest BCUT2D eigenvalue weighted by Crippen LogP contribution is -2.34. The number of rotatable bonds is 4. The molecule has 1 aliphatic heterocycles. The van der Waals surface area contributed by atoms with Crippen molar-refractivity contribution in [2.45, 2.75) is 31.1 Å². The lowest BCUT2D eigenvalue weighted by molar-refractivity contribution is 0.0461. The van der Waals surface area contributed by atoms with Gasteiger partial charge in [-0.1, -0.05) is 17.3 Å². The van der Waals surface area contributed by atoms with Crippen molar-refractivity contribution in [1.82, 2.24) is 10.1 Å². The number of hydrogen-bond acceptors (Lipinski definition) is 4. The Hall–Kier alpha value is -1.75. The minimum absolute atomic E-state index is 0.0143. The number of hydrogen-bond donors (Lipinski definition) is 0. The van der Waals surface area contributed by atoms with Crippen LogP contribution in [0.3, 0.4) is 0 Å². The van der Waals surface area contributed by atoms with Gasteiger partial charge < -0.3 is 9.26 Å². The molecule has 0 saturated carbocycles. The van der Waals surface area contributed by atoms with E-state index in [1.165, 1.54) is 24.0 Å². The van der Waals surface area contributed by atoms with Gasteiger partial charge in [-0.05, 0) is 37.0 Å². The summed E-state index contributed by atoms with van der Waals surface area (Å²) in [6.45, 7) is 1.47. The van der Waals surface area contributed by atoms with E-state index in [9.17, 15) is 4.39 Å². The third kappa shape index (κ3) is 2.72. The van der Waals surface area contributed by atoms with Crippen LogP contribution >= 0.6 is 0 Å². The van der Waals surface area contributed by atoms with E-state index in [-0.39, 0.29) is 11.2 Å². The Morgan fingerprint density at radius 3 is 2.55 bits per heavy atom. The van der Waals surface area contributed by atoms with Crippen LogP contribution in [0, 0.1) is 5.82 Å². The van der Waals surface area contributed by atoms with Crippen LogP contribution in [0.1, 0.15) is 30.7 Å². The molecule has 4 nitrogen and oxygen atoms in total. The summed E-state index contributed by atoms with van der Waals surface area (Å²) in [6, 6.07) is 6.82. The standard InChI is InChI=1S/C15H17FN2O2/c16-13-3-1-12(2-4-13)15(7-9-19-10-8-15)6-5-14-17-11-18-20-14/h1-4,11H,5-10H2. The summed E-state index contributed by atoms with van der Waals surface area (Å²) in [5.74, 6) is 0.450. The molecule has 0 N–H and O–H groups in total. The average Bonchev–Trinajstić information content (AvgIpc) is 3.00. The summed E-state index contributed by atoms with van der Waals surface area (Å²) in [6.07, 6.45) is 4.94. The monoisotopic (exact) mass is 276 g/mol. The molecule has 20 heavy (non-hydrogen) atoms. The van der Waals surface area contributed by atoms with Gasteiger partial charge in [0.05, 0.1) is 0 Å². The van der Waals surface area contributed by atoms with E-state index in [1.54, 1.807) is 0 Å². The van der Waals surface area contributed by atoms with Crippen LogP contribution in [0.2, 0.25) is 0 Å². The molecular weight excluding hydrogens is 259 g/mol. The Morgan fingerprint density at radius 2 is 1.90 bits per heavy atom. The van der Waals surface area contributed by atoms with Crippen LogP contribution in [0.25, 0.3) is 0 Å². The summed E-state index contributed by atoms with van der Waals surface area (Å²) in [4.78, 5) is 4.07. The van der Waals surface area contributed by atoms with Crippen molar-refractivity contribution < 1.29 is 13.7 Å². The average molecular weight is 276 g/mol. The summed E-state index contributed by atoms with van der Waals surface area (Å²) >= 11 is 0. The SMILES string of the molecule is Fc1ccc(C2(CCc3ncno3)CCOCC2)cc1. The normalized spacial score (nSPS) is 18.1. The van der Waals surface area contributed by atoms with Gasteiger partial charge in [-0.2, -0.15) is 4.98 Å². The lowest BCUT2D eigenvalue weighted by Gasteiger charge is -2.37. The van der Waals surface area contributed by atoms with Crippen molar-refractivity contribution >= 4 is 0 Å². The molecule has 1 aromatic heterocycles. The van der Waals surface area contributed by atoms with Crippen molar-refractivity contribution in [3.8, 4) is 0 Å². The second-order valence-corrected chi connectivity index (χ2v) is 5.23. The number of nitrogens with zero attached hydrogens (tertiary/aromatic N) is 2. The molecule has 0 unspecified atom stereocenters. The van der Waals surface area contributed by atoms with Crippen LogP contribution in [0.15, 0.2) is 35.1 Å². The molecule has 0 spiro atoms. The predicted octanol–water partition coefficient (Wildman–Crippen LogP) is 2.89. The maximum atomic E-state index is 13.1. The lowest BCUT2D eigenvalue weighted by atomic mass is 9.71. The maximum absolute atomic E-state index is 13.1. The summed E-state index contributed by atoms with van der Waals surface area (Å²) in [7, 11) is 0. The molecule has 2 aromatic rings. The fourth-order valence-electron chi connectivity index (χ4n) is 2.90. The number of ether oxygens (including phenoxy) is 1. The van der Waals surface area contributed by atoms with Gasteiger partial charge >= 0.3 is 0 Å². The van der Waals surface area contributed by atoms with Crippen LogP contribution in [0.5, 0.6) is 0 Å². The van der Waals surface area contributed by atoms with Crippen molar-refractivity contribution in [3.63, 3.8) is 0 Å². The van der Waals surface area contributed by atoms with E-state index >= 15 is 0 Å². The molecule has 106 valence electrons. The molecule has 0 radical (unpaired) electrons. The van der Waals surface area contributed by atoms with Gasteiger partial charge in [-0.15, -0.1) is 0 Å². The predicted molar refractivity (Wildman–Crippen MR) is 70.8 cm³/mol. The van der Waals surface area contributed by atoms with Crippen LogP contribution < -0.4 is 0 Å². The van der Waals surface area contributed by atoms with E-state index in [0.717, 1.165) is 38.9 Å². The molecule has 5 heteroatoms. The molecule has 1 aliphatic rings. The zero-order chi connectivity index (χ0) is 13.8. The van der Waals surface area contributed by atoms with Gasteiger partial charge in [0.1, 0.15) is 5.82 Å². The fraction of sp³-hybridized carbons (Fsp3) is 0.467. The second kappa shape index (κ2) is 5.71. The Labute approximate surface area is 117 Å². The van der Waals surface area contributed by atoms with Gasteiger partial charge in [0.25, 0.3) is 0 Å². The van der Waals surface area contributed by atoms with Crippen molar-refractivity contribution in [2.24, 2.45) is 0 Å². The number of aromatic nitrogens is 2. The Balaban J connectivity index is 1.82. The van der Waals surface area contributed by atoms with Gasteiger partial charge in [-0.3, -0.25) is 0 Å². The van der Waals surface area contributed by atoms with E-state index < -0.39 is 0 Å². The molecule has 2 heterocycles. The minimum Gasteiger partial charge on any atom is -0.381 e. The third-order valence-electron chi connectivity index (χ3n) is 4.13. The van der Waals surface area contributed by atoms with Crippen LogP contribution in [-0.2, 0) is 16.6 Å². The summed E-state index contributed by atoms with van der Waals surface area (Å²) < 4.78 is 23.7. The zero-order valence-electron chi connectivity index (χ0n) is 11.2. The highest BCUT2D eigenvalue weighted by Gasteiger charge is 2.34. The quantitative estimate of drug-likeness (QED) is 0.861. The Kier molecular flexibility index (Phi) is 3.78. The molecule has 0 aliphatic carbocycles. The van der Waals surface area contributed by atoms with E-state index in [0.29, 0.717) is 5.89 Å². The van der Waals surface area contributed by atoms with E-state index in [4.69, 9.17) is 9.26 Å². The van der Waals surface area contributed by atoms with Gasteiger partial charge in [0.2, 0.25) is 5.89 Å². The van der Waals surface area contributed by atoms with Gasteiger partial charge in [-0.25, -0.2) is 4.39 Å². The molecule has 0 atom stereocenters. The van der Waals surface area contributed by atoms with Gasteiger partial charge in [0.15, 0.2) is 6.33 Å². The van der Waals surface area contributed by atoms with Crippen molar-refractivity contribution in [2.75, 3.05) is 13.2 Å². The molecule has 0 bridgehead atoms. The topological polar surface area (TPSA) is 48.2 Å². The second-order valence-electron chi connectivity index (χ2n) is 5.23. The van der Waals surface area contributed by atoms with E-state index in [2.05, 4.69) is 10.1 Å². The van der Waals surface area contributed by atoms with Gasteiger partial charge in [0, 0.05) is 25.0 Å². The highest BCUT2D eigenvalue weighted by molar-refractivity contribution is 5.26. The third-order valence-corrected chi connectivity index (χ3v) is 4.13. The first kappa shape index (κ1) is 13.2. The molecule has 1 aromatic carbocycles. The van der Waals surface area contributed by atoms with Crippen LogP contribution in [-0.4, -0.2) is 23.4 Å². The maximum Gasteiger partial charge on any atom is 0.226 e. The first-order valence-corrected chi connectivity index (χ1v) is 6.88. The van der Waals surface area contributed by atoms with Crippen molar-refractivity contribution in [3.05, 3.63) is 47.9 Å². The molecule has 3 rings (SSSR count). The fourth-order valence-corrected chi connectivity index (χ4v) is 2.90. The highest BCUT2D eigenvalue weighted by atomic mass is 19.1. The summed E-state index contributed by atoms with van der Waals surface area (Å²) in [5.41, 5.74) is 1.18. The smallest absolute Gasteiger partial charge is 0.226 e. The molecule has 0 amide bonds. The zero-order valence-corrected chi connectivity index (χ0v) is 11.2. The Morgan fingerprint density at radius 1 is 1.15 bits per heavy atom. The first-order chi connectivity index (χ1) is 9.78. The molecule has 1 fully saturated rings. The minimum atomic E-state index is -0.201. The number of aryl methyl sites for hydroxylation is 1. The Bertz CT molecular complexity index is 534. The largest absolute Gasteiger partial charge is 0.381 e. The molecular formula is C15H17FN2O2. The summed E-state index contributed by atoms with van der Waals surface area (Å²) in [5, 5.41) is 3.63. The molecule has 1 saturated heterocycles. The number of halogens is 1.